The summed E-state index contributed by atoms with van der Waals surface area (Å²) in [4.78, 5) is 28.9. The first-order valence-electron chi connectivity index (χ1n) is 14.0. The molecule has 6 aromatic rings. The predicted molar refractivity (Wildman–Crippen MR) is 169 cm³/mol. The summed E-state index contributed by atoms with van der Waals surface area (Å²) in [5, 5.41) is 10.3. The van der Waals surface area contributed by atoms with E-state index in [0.717, 1.165) is 6.26 Å². The van der Waals surface area contributed by atoms with Crippen molar-refractivity contribution in [1.29, 1.82) is 0 Å². The number of imidazole rings is 1. The number of anilines is 1. The number of nitrogens with one attached hydrogen (secondary N) is 3. The third-order valence-electron chi connectivity index (χ3n) is 7.28. The summed E-state index contributed by atoms with van der Waals surface area (Å²) in [6.07, 6.45) is 5.96. The maximum Gasteiger partial charge on any atom is 0.229 e. The van der Waals surface area contributed by atoms with Crippen LogP contribution >= 0.6 is 0 Å². The molecule has 0 unspecified atom stereocenters. The summed E-state index contributed by atoms with van der Waals surface area (Å²) >= 11 is 0. The Balaban J connectivity index is 1.40. The predicted octanol–water partition coefficient (Wildman–Crippen LogP) is 6.08. The van der Waals surface area contributed by atoms with Crippen molar-refractivity contribution in [2.45, 2.75) is 27.2 Å². The number of hydrogen-bond acceptors (Lipinski definition) is 7. The number of amides is 1. The van der Waals surface area contributed by atoms with Gasteiger partial charge in [-0.25, -0.2) is 27.2 Å². The van der Waals surface area contributed by atoms with Crippen LogP contribution in [0.1, 0.15) is 26.3 Å². The summed E-state index contributed by atoms with van der Waals surface area (Å²) in [5.41, 5.74) is 4.01. The number of aromatic amines is 2. The van der Waals surface area contributed by atoms with Gasteiger partial charge < -0.3 is 10.3 Å². The molecule has 13 heteroatoms. The topological polar surface area (TPSA) is 146 Å². The van der Waals surface area contributed by atoms with Gasteiger partial charge in [-0.15, -0.1) is 0 Å². The smallest absolute Gasteiger partial charge is 0.229 e. The Morgan fingerprint density at radius 3 is 2.56 bits per heavy atom. The molecule has 4 heterocycles. The summed E-state index contributed by atoms with van der Waals surface area (Å²) in [6, 6.07) is 11.0. The van der Waals surface area contributed by atoms with Crippen molar-refractivity contribution >= 4 is 43.5 Å². The van der Waals surface area contributed by atoms with Crippen molar-refractivity contribution in [2.24, 2.45) is 5.41 Å². The van der Waals surface area contributed by atoms with Crippen LogP contribution in [0.5, 0.6) is 0 Å². The average molecular weight is 630 g/mol. The van der Waals surface area contributed by atoms with Crippen LogP contribution in [0, 0.1) is 17.0 Å². The van der Waals surface area contributed by atoms with Gasteiger partial charge in [-0.1, -0.05) is 26.8 Å². The third-order valence-corrected chi connectivity index (χ3v) is 8.23. The Bertz CT molecular complexity index is 2220. The standard InChI is InChI=1S/C32H29F2N7O3S/c1-32(2,3)31(42)37-22-12-20(15-35-16-22)18-13-24-26(25(34)14-18)40-41-28(24)30-38-27-23(5-7-36-29(27)39-30)19-9-17(10-21(33)11-19)6-8-45(4,43)44/h5,7,9-16H,6,8H2,1-4H3,(H,37,42)(H,40,41)(H,36,38,39). The van der Waals surface area contributed by atoms with Crippen molar-refractivity contribution in [3.63, 3.8) is 0 Å². The second-order valence-corrected chi connectivity index (χ2v) is 14.2. The van der Waals surface area contributed by atoms with Gasteiger partial charge in [0.2, 0.25) is 5.91 Å². The van der Waals surface area contributed by atoms with Gasteiger partial charge in [0, 0.05) is 40.6 Å². The molecule has 2 aromatic carbocycles. The molecule has 0 aliphatic carbocycles. The van der Waals surface area contributed by atoms with E-state index in [-0.39, 0.29) is 23.6 Å². The molecule has 0 aliphatic heterocycles. The lowest BCUT2D eigenvalue weighted by Crippen LogP contribution is -2.27. The number of carbonyl (C=O) groups is 1. The molecule has 0 saturated carbocycles. The fourth-order valence-electron chi connectivity index (χ4n) is 4.93. The molecule has 6 rings (SSSR count). The van der Waals surface area contributed by atoms with E-state index >= 15 is 4.39 Å². The number of aryl methyl sites for hydroxylation is 1. The van der Waals surface area contributed by atoms with Crippen molar-refractivity contribution in [1.82, 2.24) is 30.1 Å². The van der Waals surface area contributed by atoms with Crippen LogP contribution in [0.2, 0.25) is 0 Å². The Labute approximate surface area is 257 Å². The van der Waals surface area contributed by atoms with E-state index in [1.54, 1.807) is 57.4 Å². The van der Waals surface area contributed by atoms with E-state index in [0.29, 0.717) is 61.6 Å². The SMILES string of the molecule is CC(C)(C)C(=O)Nc1cncc(-c2cc(F)c3n[nH]c(-c4nc5nccc(-c6cc(F)cc(CCS(C)(=O)=O)c6)c5[nH]4)c3c2)c1. The van der Waals surface area contributed by atoms with Gasteiger partial charge in [0.05, 0.1) is 23.2 Å². The Morgan fingerprint density at radius 2 is 1.80 bits per heavy atom. The number of nitrogens with zero attached hydrogens (tertiary/aromatic N) is 4. The molecule has 0 atom stereocenters. The molecule has 230 valence electrons. The number of sulfone groups is 1. The van der Waals surface area contributed by atoms with Crippen LogP contribution in [0.15, 0.2) is 61.1 Å². The largest absolute Gasteiger partial charge is 0.335 e. The Morgan fingerprint density at radius 1 is 1.00 bits per heavy atom. The highest BCUT2D eigenvalue weighted by molar-refractivity contribution is 7.90. The van der Waals surface area contributed by atoms with Crippen LogP contribution in [-0.2, 0) is 21.1 Å². The zero-order chi connectivity index (χ0) is 32.1. The van der Waals surface area contributed by atoms with Gasteiger partial charge in [-0.3, -0.25) is 14.9 Å². The summed E-state index contributed by atoms with van der Waals surface area (Å²) in [7, 11) is -3.23. The van der Waals surface area contributed by atoms with Crippen molar-refractivity contribution in [2.75, 3.05) is 17.3 Å². The second kappa shape index (κ2) is 11.1. The molecule has 4 aromatic heterocycles. The molecular weight excluding hydrogens is 600 g/mol. The number of rotatable bonds is 7. The van der Waals surface area contributed by atoms with Gasteiger partial charge in [0.1, 0.15) is 26.9 Å². The van der Waals surface area contributed by atoms with Crippen LogP contribution in [0.4, 0.5) is 14.5 Å². The van der Waals surface area contributed by atoms with E-state index < -0.39 is 26.9 Å². The number of aromatic nitrogens is 6. The Kier molecular flexibility index (Phi) is 7.43. The van der Waals surface area contributed by atoms with Crippen LogP contribution in [0.3, 0.4) is 0 Å². The number of carbonyl (C=O) groups excluding carboxylic acids is 1. The first-order chi connectivity index (χ1) is 21.2. The highest BCUT2D eigenvalue weighted by atomic mass is 32.2. The number of halogens is 2. The van der Waals surface area contributed by atoms with E-state index in [1.165, 1.54) is 24.4 Å². The molecule has 0 saturated heterocycles. The summed E-state index contributed by atoms with van der Waals surface area (Å²) < 4.78 is 53.3. The number of hydrogen-bond donors (Lipinski definition) is 3. The zero-order valence-corrected chi connectivity index (χ0v) is 25.7. The van der Waals surface area contributed by atoms with E-state index in [4.69, 9.17) is 0 Å². The molecule has 1 amide bonds. The molecule has 0 aliphatic rings. The minimum absolute atomic E-state index is 0.104. The van der Waals surface area contributed by atoms with Gasteiger partial charge in [0.15, 0.2) is 17.3 Å². The van der Waals surface area contributed by atoms with Gasteiger partial charge in [-0.05, 0) is 59.5 Å². The number of pyridine rings is 2. The fourth-order valence-corrected chi connectivity index (χ4v) is 5.54. The lowest BCUT2D eigenvalue weighted by atomic mass is 9.95. The molecule has 0 spiro atoms. The average Bonchev–Trinajstić information content (AvgIpc) is 3.59. The first kappa shape index (κ1) is 30.0. The maximum atomic E-state index is 15.3. The maximum absolute atomic E-state index is 15.3. The molecule has 45 heavy (non-hydrogen) atoms. The molecular formula is C32H29F2N7O3S. The first-order valence-corrected chi connectivity index (χ1v) is 16.1. The van der Waals surface area contributed by atoms with Gasteiger partial charge in [-0.2, -0.15) is 5.10 Å². The zero-order valence-electron chi connectivity index (χ0n) is 24.9. The Hall–Kier alpha value is -5.04. The second-order valence-electron chi connectivity index (χ2n) is 12.0. The van der Waals surface area contributed by atoms with E-state index in [2.05, 4.69) is 35.5 Å². The van der Waals surface area contributed by atoms with Crippen molar-refractivity contribution in [3.05, 3.63) is 78.3 Å². The van der Waals surface area contributed by atoms with Crippen LogP contribution in [-0.4, -0.2) is 56.5 Å². The number of benzene rings is 2. The van der Waals surface area contributed by atoms with E-state index in [1.807, 2.05) is 0 Å². The third kappa shape index (κ3) is 6.29. The summed E-state index contributed by atoms with van der Waals surface area (Å²) in [6.45, 7) is 5.41. The van der Waals surface area contributed by atoms with Gasteiger partial charge >= 0.3 is 0 Å². The normalized spacial score (nSPS) is 12.2. The highest BCUT2D eigenvalue weighted by Gasteiger charge is 2.22. The molecule has 0 bridgehead atoms. The molecule has 0 fully saturated rings. The van der Waals surface area contributed by atoms with Crippen LogP contribution in [0.25, 0.3) is 55.8 Å². The minimum atomic E-state index is -3.23. The van der Waals surface area contributed by atoms with Gasteiger partial charge in [0.25, 0.3) is 0 Å². The number of H-pyrrole nitrogens is 2. The molecule has 3 N–H and O–H groups in total. The summed E-state index contributed by atoms with van der Waals surface area (Å²) in [5.74, 6) is -1.01. The number of fused-ring (bicyclic) bond motifs is 2. The lowest BCUT2D eigenvalue weighted by molar-refractivity contribution is -0.123. The minimum Gasteiger partial charge on any atom is -0.335 e. The van der Waals surface area contributed by atoms with Crippen molar-refractivity contribution < 1.29 is 22.0 Å². The van der Waals surface area contributed by atoms with E-state index in [9.17, 15) is 17.6 Å². The van der Waals surface area contributed by atoms with Crippen LogP contribution < -0.4 is 5.32 Å². The fraction of sp³-hybridized carbons (Fsp3) is 0.219. The van der Waals surface area contributed by atoms with Crippen molar-refractivity contribution in [3.8, 4) is 33.8 Å². The quantitative estimate of drug-likeness (QED) is 0.194. The monoisotopic (exact) mass is 629 g/mol. The molecule has 10 nitrogen and oxygen atoms in total. The highest BCUT2D eigenvalue weighted by Crippen LogP contribution is 2.34. The lowest BCUT2D eigenvalue weighted by Gasteiger charge is -2.17. The molecule has 0 radical (unpaired) electrons.